The van der Waals surface area contributed by atoms with E-state index in [4.69, 9.17) is 4.74 Å². The molecular formula is C13H28N2O3S. The SMILES string of the molecule is CCCC1CC(NCC(C)(C)NS(C)(=O)=O)CCO1. The molecular weight excluding hydrogens is 264 g/mol. The maximum absolute atomic E-state index is 11.3. The second kappa shape index (κ2) is 7.02. The van der Waals surface area contributed by atoms with Gasteiger partial charge in [0.15, 0.2) is 0 Å². The van der Waals surface area contributed by atoms with Crippen LogP contribution in [0.4, 0.5) is 0 Å². The molecule has 2 unspecified atom stereocenters. The summed E-state index contributed by atoms with van der Waals surface area (Å²) in [6.07, 6.45) is 5.79. The summed E-state index contributed by atoms with van der Waals surface area (Å²) in [4.78, 5) is 0. The first kappa shape index (κ1) is 16.9. The second-order valence-corrected chi connectivity index (χ2v) is 7.89. The zero-order valence-corrected chi connectivity index (χ0v) is 13.3. The number of hydrogen-bond donors (Lipinski definition) is 2. The van der Waals surface area contributed by atoms with Crippen LogP contribution in [0.5, 0.6) is 0 Å². The highest BCUT2D eigenvalue weighted by molar-refractivity contribution is 7.88. The molecule has 5 nitrogen and oxygen atoms in total. The van der Waals surface area contributed by atoms with Gasteiger partial charge in [0.25, 0.3) is 0 Å². The van der Waals surface area contributed by atoms with E-state index in [0.29, 0.717) is 18.7 Å². The van der Waals surface area contributed by atoms with Gasteiger partial charge in [0.05, 0.1) is 12.4 Å². The summed E-state index contributed by atoms with van der Waals surface area (Å²) in [5.74, 6) is 0. The molecule has 0 saturated carbocycles. The monoisotopic (exact) mass is 292 g/mol. The van der Waals surface area contributed by atoms with E-state index in [-0.39, 0.29) is 0 Å². The standard InChI is InChI=1S/C13H28N2O3S/c1-5-6-12-9-11(7-8-18-12)14-10-13(2,3)15-19(4,16)17/h11-12,14-15H,5-10H2,1-4H3. The van der Waals surface area contributed by atoms with Gasteiger partial charge in [-0.1, -0.05) is 13.3 Å². The Kier molecular flexibility index (Phi) is 6.23. The smallest absolute Gasteiger partial charge is 0.209 e. The molecule has 0 aromatic rings. The van der Waals surface area contributed by atoms with Crippen molar-refractivity contribution in [1.82, 2.24) is 10.0 Å². The summed E-state index contributed by atoms with van der Waals surface area (Å²) in [5, 5.41) is 3.47. The minimum atomic E-state index is -3.17. The summed E-state index contributed by atoms with van der Waals surface area (Å²) >= 11 is 0. The Morgan fingerprint density at radius 3 is 2.63 bits per heavy atom. The van der Waals surface area contributed by atoms with E-state index >= 15 is 0 Å². The highest BCUT2D eigenvalue weighted by atomic mass is 32.2. The summed E-state index contributed by atoms with van der Waals surface area (Å²) in [5.41, 5.74) is -0.466. The zero-order valence-electron chi connectivity index (χ0n) is 12.5. The van der Waals surface area contributed by atoms with Crippen molar-refractivity contribution >= 4 is 10.0 Å². The molecule has 0 spiro atoms. The summed E-state index contributed by atoms with van der Waals surface area (Å²) in [6.45, 7) is 7.37. The van der Waals surface area contributed by atoms with E-state index in [1.807, 2.05) is 13.8 Å². The van der Waals surface area contributed by atoms with Gasteiger partial charge in [-0.2, -0.15) is 0 Å². The fraction of sp³-hybridized carbons (Fsp3) is 1.00. The van der Waals surface area contributed by atoms with E-state index in [9.17, 15) is 8.42 Å². The molecule has 1 aliphatic heterocycles. The van der Waals surface area contributed by atoms with E-state index in [0.717, 1.165) is 32.3 Å². The van der Waals surface area contributed by atoms with Gasteiger partial charge >= 0.3 is 0 Å². The van der Waals surface area contributed by atoms with Gasteiger partial charge in [0.2, 0.25) is 10.0 Å². The van der Waals surface area contributed by atoms with Gasteiger partial charge in [-0.3, -0.25) is 0 Å². The molecule has 1 fully saturated rings. The first-order valence-electron chi connectivity index (χ1n) is 7.06. The molecule has 0 radical (unpaired) electrons. The van der Waals surface area contributed by atoms with Crippen LogP contribution in [-0.4, -0.2) is 45.5 Å². The molecule has 2 N–H and O–H groups in total. The fourth-order valence-electron chi connectivity index (χ4n) is 2.53. The lowest BCUT2D eigenvalue weighted by Gasteiger charge is -2.33. The average molecular weight is 292 g/mol. The third-order valence-electron chi connectivity index (χ3n) is 3.27. The van der Waals surface area contributed by atoms with Crippen LogP contribution in [0.25, 0.3) is 0 Å². The lowest BCUT2D eigenvalue weighted by Crippen LogP contribution is -2.53. The predicted molar refractivity (Wildman–Crippen MR) is 77.7 cm³/mol. The first-order chi connectivity index (χ1) is 8.72. The largest absolute Gasteiger partial charge is 0.378 e. The molecule has 1 aliphatic rings. The Bertz CT molecular complexity index is 366. The molecule has 6 heteroatoms. The van der Waals surface area contributed by atoms with Crippen LogP contribution in [0.1, 0.15) is 46.5 Å². The third-order valence-corrected chi connectivity index (χ3v) is 4.20. The van der Waals surface area contributed by atoms with Gasteiger partial charge in [-0.05, 0) is 33.1 Å². The summed E-state index contributed by atoms with van der Waals surface area (Å²) < 4.78 is 30.9. The Morgan fingerprint density at radius 1 is 1.37 bits per heavy atom. The molecule has 0 aromatic carbocycles. The van der Waals surface area contributed by atoms with E-state index in [1.54, 1.807) is 0 Å². The van der Waals surface area contributed by atoms with Crippen LogP contribution in [0, 0.1) is 0 Å². The Labute approximate surface area is 117 Å². The molecule has 0 aromatic heterocycles. The van der Waals surface area contributed by atoms with Gasteiger partial charge < -0.3 is 10.1 Å². The Balaban J connectivity index is 2.39. The van der Waals surface area contributed by atoms with Gasteiger partial charge in [0.1, 0.15) is 0 Å². The van der Waals surface area contributed by atoms with Gasteiger partial charge in [0, 0.05) is 24.7 Å². The number of hydrogen-bond acceptors (Lipinski definition) is 4. The zero-order chi connectivity index (χ0) is 14.5. The lowest BCUT2D eigenvalue weighted by molar-refractivity contribution is -0.00385. The van der Waals surface area contributed by atoms with E-state index in [2.05, 4.69) is 17.0 Å². The quantitative estimate of drug-likeness (QED) is 0.741. The van der Waals surface area contributed by atoms with Crippen molar-refractivity contribution in [3.63, 3.8) is 0 Å². The average Bonchev–Trinajstić information content (AvgIpc) is 2.24. The van der Waals surface area contributed by atoms with Crippen LogP contribution < -0.4 is 10.0 Å². The molecule has 0 aliphatic carbocycles. The topological polar surface area (TPSA) is 67.4 Å². The van der Waals surface area contributed by atoms with Crippen molar-refractivity contribution in [3.05, 3.63) is 0 Å². The van der Waals surface area contributed by atoms with Gasteiger partial charge in [-0.15, -0.1) is 0 Å². The van der Waals surface area contributed by atoms with Crippen LogP contribution in [0.2, 0.25) is 0 Å². The number of rotatable bonds is 7. The minimum Gasteiger partial charge on any atom is -0.378 e. The fourth-order valence-corrected chi connectivity index (χ4v) is 3.60. The number of nitrogens with one attached hydrogen (secondary N) is 2. The van der Waals surface area contributed by atoms with E-state index in [1.165, 1.54) is 6.26 Å². The van der Waals surface area contributed by atoms with Crippen molar-refractivity contribution in [2.24, 2.45) is 0 Å². The normalized spacial score (nSPS) is 25.5. The first-order valence-corrected chi connectivity index (χ1v) is 8.95. The summed E-state index contributed by atoms with van der Waals surface area (Å²) in [6, 6.07) is 0.422. The highest BCUT2D eigenvalue weighted by Crippen LogP contribution is 2.18. The predicted octanol–water partition coefficient (Wildman–Crippen LogP) is 1.25. The molecule has 114 valence electrons. The maximum atomic E-state index is 11.3. The molecule has 1 rings (SSSR count). The Morgan fingerprint density at radius 2 is 2.05 bits per heavy atom. The maximum Gasteiger partial charge on any atom is 0.209 e. The van der Waals surface area contributed by atoms with Gasteiger partial charge in [-0.25, -0.2) is 13.1 Å². The van der Waals surface area contributed by atoms with Crippen molar-refractivity contribution in [3.8, 4) is 0 Å². The Hall–Kier alpha value is -0.170. The molecule has 1 heterocycles. The molecule has 19 heavy (non-hydrogen) atoms. The number of sulfonamides is 1. The van der Waals surface area contributed by atoms with Crippen LogP contribution in [-0.2, 0) is 14.8 Å². The minimum absolute atomic E-state index is 0.349. The van der Waals surface area contributed by atoms with Crippen molar-refractivity contribution in [2.75, 3.05) is 19.4 Å². The van der Waals surface area contributed by atoms with Crippen LogP contribution >= 0.6 is 0 Å². The number of ether oxygens (including phenoxy) is 1. The molecule has 0 amide bonds. The molecule has 2 atom stereocenters. The van der Waals surface area contributed by atoms with Crippen LogP contribution in [0.15, 0.2) is 0 Å². The van der Waals surface area contributed by atoms with Crippen molar-refractivity contribution in [2.45, 2.75) is 64.1 Å². The molecule has 0 bridgehead atoms. The van der Waals surface area contributed by atoms with Crippen LogP contribution in [0.3, 0.4) is 0 Å². The lowest BCUT2D eigenvalue weighted by atomic mass is 9.98. The highest BCUT2D eigenvalue weighted by Gasteiger charge is 2.26. The van der Waals surface area contributed by atoms with Crippen molar-refractivity contribution in [1.29, 1.82) is 0 Å². The molecule has 1 saturated heterocycles. The third kappa shape index (κ3) is 7.25. The summed E-state index contributed by atoms with van der Waals surface area (Å²) in [7, 11) is -3.17. The van der Waals surface area contributed by atoms with Crippen molar-refractivity contribution < 1.29 is 13.2 Å². The van der Waals surface area contributed by atoms with E-state index < -0.39 is 15.6 Å². The second-order valence-electron chi connectivity index (χ2n) is 6.14.